The van der Waals surface area contributed by atoms with Gasteiger partial charge in [0.05, 0.1) is 24.1 Å². The summed E-state index contributed by atoms with van der Waals surface area (Å²) in [5, 5.41) is 4.04. The van der Waals surface area contributed by atoms with Crippen LogP contribution < -0.4 is 15.0 Å². The number of ether oxygens (including phenoxy) is 1. The Balaban J connectivity index is 1.29. The number of anilines is 1. The second-order valence-corrected chi connectivity index (χ2v) is 10.7. The van der Waals surface area contributed by atoms with Crippen molar-refractivity contribution >= 4 is 34.4 Å². The molecule has 2 aliphatic heterocycles. The highest BCUT2D eigenvalue weighted by Crippen LogP contribution is 2.46. The quantitative estimate of drug-likeness (QED) is 0.319. The summed E-state index contributed by atoms with van der Waals surface area (Å²) in [5.74, 6) is 0.0369. The Morgan fingerprint density at radius 3 is 2.60 bits per heavy atom. The molecular formula is C32H32N4O4. The van der Waals surface area contributed by atoms with Gasteiger partial charge in [0.1, 0.15) is 5.75 Å². The van der Waals surface area contributed by atoms with E-state index >= 15 is 0 Å². The van der Waals surface area contributed by atoms with Crippen LogP contribution in [0.25, 0.3) is 10.9 Å². The molecule has 6 rings (SSSR count). The summed E-state index contributed by atoms with van der Waals surface area (Å²) in [4.78, 5) is 47.6. The van der Waals surface area contributed by atoms with Crippen LogP contribution >= 0.6 is 0 Å². The molecule has 3 aromatic carbocycles. The number of aromatic amines is 1. The fraction of sp³-hybridized carbons (Fsp3) is 0.281. The highest BCUT2D eigenvalue weighted by molar-refractivity contribution is 6.25. The number of carbonyl (C=O) groups excluding carboxylic acids is 3. The Kier molecular flexibility index (Phi) is 6.33. The van der Waals surface area contributed by atoms with Gasteiger partial charge >= 0.3 is 6.03 Å². The number of amides is 4. The minimum Gasteiger partial charge on any atom is -0.497 e. The molecule has 4 amide bonds. The first-order chi connectivity index (χ1) is 19.3. The van der Waals surface area contributed by atoms with Crippen molar-refractivity contribution in [3.8, 4) is 5.75 Å². The summed E-state index contributed by atoms with van der Waals surface area (Å²) < 4.78 is 5.42. The zero-order valence-electron chi connectivity index (χ0n) is 22.9. The van der Waals surface area contributed by atoms with Gasteiger partial charge in [0.25, 0.3) is 11.8 Å². The average molecular weight is 537 g/mol. The Hall–Kier alpha value is -4.59. The van der Waals surface area contributed by atoms with Crippen LogP contribution in [-0.4, -0.2) is 47.4 Å². The third-order valence-corrected chi connectivity index (χ3v) is 8.24. The predicted molar refractivity (Wildman–Crippen MR) is 154 cm³/mol. The van der Waals surface area contributed by atoms with Gasteiger partial charge in [-0.2, -0.15) is 0 Å². The lowest BCUT2D eigenvalue weighted by Gasteiger charge is -2.35. The van der Waals surface area contributed by atoms with Crippen LogP contribution in [0, 0.1) is 0 Å². The molecule has 0 radical (unpaired) electrons. The van der Waals surface area contributed by atoms with E-state index in [1.54, 1.807) is 43.2 Å². The molecule has 0 bridgehead atoms. The number of aryl methyl sites for hydroxylation is 1. The van der Waals surface area contributed by atoms with E-state index < -0.39 is 11.6 Å². The van der Waals surface area contributed by atoms with Gasteiger partial charge in [0.15, 0.2) is 5.54 Å². The number of imide groups is 1. The maximum Gasteiger partial charge on any atom is 0.332 e. The first-order valence-corrected chi connectivity index (χ1v) is 13.6. The van der Waals surface area contributed by atoms with Crippen LogP contribution in [-0.2, 0) is 23.2 Å². The summed E-state index contributed by atoms with van der Waals surface area (Å²) in [6.07, 6.45) is 2.20. The van der Waals surface area contributed by atoms with Gasteiger partial charge < -0.3 is 19.9 Å². The molecule has 204 valence electrons. The molecule has 2 N–H and O–H groups in total. The van der Waals surface area contributed by atoms with Crippen molar-refractivity contribution < 1.29 is 19.1 Å². The van der Waals surface area contributed by atoms with Crippen LogP contribution in [0.15, 0.2) is 72.8 Å². The molecule has 8 heteroatoms. The first kappa shape index (κ1) is 25.7. The number of urea groups is 1. The van der Waals surface area contributed by atoms with Gasteiger partial charge in [-0.05, 0) is 74.6 Å². The topological polar surface area (TPSA) is 94.7 Å². The van der Waals surface area contributed by atoms with Crippen molar-refractivity contribution in [2.75, 3.05) is 18.6 Å². The second kappa shape index (κ2) is 9.86. The van der Waals surface area contributed by atoms with E-state index in [9.17, 15) is 14.4 Å². The monoisotopic (exact) mass is 536 g/mol. The van der Waals surface area contributed by atoms with E-state index in [0.717, 1.165) is 35.1 Å². The van der Waals surface area contributed by atoms with E-state index in [-0.39, 0.29) is 17.9 Å². The molecule has 8 nitrogen and oxygen atoms in total. The molecule has 1 fully saturated rings. The summed E-state index contributed by atoms with van der Waals surface area (Å²) in [6, 6.07) is 22.2. The molecule has 4 aromatic rings. The van der Waals surface area contributed by atoms with Crippen LogP contribution in [0.3, 0.4) is 0 Å². The van der Waals surface area contributed by atoms with E-state index in [2.05, 4.69) is 22.4 Å². The van der Waals surface area contributed by atoms with Gasteiger partial charge in [0.2, 0.25) is 0 Å². The zero-order valence-corrected chi connectivity index (χ0v) is 22.9. The Bertz CT molecular complexity index is 1630. The number of para-hydroxylation sites is 1. The zero-order chi connectivity index (χ0) is 28.0. The van der Waals surface area contributed by atoms with Crippen molar-refractivity contribution in [2.45, 2.75) is 44.7 Å². The Morgan fingerprint density at radius 2 is 1.82 bits per heavy atom. The number of rotatable bonds is 7. The molecule has 0 saturated carbocycles. The Morgan fingerprint density at radius 1 is 1.07 bits per heavy atom. The fourth-order valence-corrected chi connectivity index (χ4v) is 6.02. The highest BCUT2D eigenvalue weighted by atomic mass is 16.5. The molecule has 0 spiro atoms. The summed E-state index contributed by atoms with van der Waals surface area (Å²) in [6.45, 7) is 4.13. The third-order valence-electron chi connectivity index (χ3n) is 8.24. The van der Waals surface area contributed by atoms with Crippen molar-refractivity contribution in [3.05, 3.63) is 95.2 Å². The lowest BCUT2D eigenvalue weighted by Crippen LogP contribution is -2.49. The van der Waals surface area contributed by atoms with Gasteiger partial charge in [-0.25, -0.2) is 9.69 Å². The predicted octanol–water partition coefficient (Wildman–Crippen LogP) is 5.17. The first-order valence-electron chi connectivity index (χ1n) is 13.6. The lowest BCUT2D eigenvalue weighted by molar-refractivity contribution is -0.125. The van der Waals surface area contributed by atoms with Crippen molar-refractivity contribution in [3.63, 3.8) is 0 Å². The molecule has 1 saturated heterocycles. The second-order valence-electron chi connectivity index (χ2n) is 10.7. The maximum absolute atomic E-state index is 14.2. The number of methoxy groups -OCH3 is 1. The van der Waals surface area contributed by atoms with Crippen molar-refractivity contribution in [2.24, 2.45) is 0 Å². The van der Waals surface area contributed by atoms with Crippen LogP contribution in [0.5, 0.6) is 5.75 Å². The van der Waals surface area contributed by atoms with Gasteiger partial charge in [-0.3, -0.25) is 9.59 Å². The van der Waals surface area contributed by atoms with Crippen LogP contribution in [0.4, 0.5) is 10.5 Å². The van der Waals surface area contributed by atoms with E-state index in [1.165, 1.54) is 10.5 Å². The average Bonchev–Trinajstić information content (AvgIpc) is 3.44. The molecule has 1 aromatic heterocycles. The number of nitrogens with zero attached hydrogens (tertiary/aromatic N) is 2. The number of aromatic nitrogens is 1. The number of hydrogen-bond acceptors (Lipinski definition) is 4. The normalized spacial score (nSPS) is 19.0. The molecule has 0 aliphatic carbocycles. The molecular weight excluding hydrogens is 504 g/mol. The summed E-state index contributed by atoms with van der Waals surface area (Å²) >= 11 is 0. The molecule has 2 atom stereocenters. The number of fused-ring (bicyclic) bond motifs is 5. The number of nitrogens with one attached hydrogen (secondary N) is 2. The Labute approximate surface area is 232 Å². The number of H-pyrrole nitrogens is 1. The third kappa shape index (κ3) is 4.02. The minimum atomic E-state index is -1.22. The molecule has 0 unspecified atom stereocenters. The SMILES string of the molecule is COc1ccc2[nH]c3c(c2c1)CCN1C(=O)N(c2ccccc2C(=O)N[C@@H](C)CCc2ccccc2)C(=O)[C@]31C. The number of benzene rings is 3. The van der Waals surface area contributed by atoms with E-state index in [1.807, 2.05) is 43.3 Å². The van der Waals surface area contributed by atoms with Crippen LogP contribution in [0.2, 0.25) is 0 Å². The summed E-state index contributed by atoms with van der Waals surface area (Å²) in [5.41, 5.74) is 3.17. The lowest BCUT2D eigenvalue weighted by atomic mass is 9.87. The van der Waals surface area contributed by atoms with Gasteiger partial charge in [-0.1, -0.05) is 42.5 Å². The van der Waals surface area contributed by atoms with Crippen molar-refractivity contribution in [1.82, 2.24) is 15.2 Å². The fourth-order valence-electron chi connectivity index (χ4n) is 6.02. The highest BCUT2D eigenvalue weighted by Gasteiger charge is 2.59. The smallest absolute Gasteiger partial charge is 0.332 e. The van der Waals surface area contributed by atoms with Crippen LogP contribution in [0.1, 0.15) is 47.4 Å². The van der Waals surface area contributed by atoms with E-state index in [0.29, 0.717) is 29.9 Å². The standard InChI is InChI=1S/C32H32N4O4/c1-20(13-14-21-9-5-4-6-10-21)33-29(37)24-11-7-8-12-27(24)36-30(38)32(2)28-23(17-18-35(32)31(36)39)25-19-22(40-3)15-16-26(25)34-28/h4-12,15-16,19-20,34H,13-14,17-18H2,1-3H3,(H,33,37)/t20-,32-/m0/s1. The van der Waals surface area contributed by atoms with Gasteiger partial charge in [0, 0.05) is 23.5 Å². The number of hydrogen-bond donors (Lipinski definition) is 2. The van der Waals surface area contributed by atoms with Gasteiger partial charge in [-0.15, -0.1) is 0 Å². The molecule has 3 heterocycles. The maximum atomic E-state index is 14.2. The largest absolute Gasteiger partial charge is 0.497 e. The van der Waals surface area contributed by atoms with Crippen molar-refractivity contribution in [1.29, 1.82) is 0 Å². The molecule has 2 aliphatic rings. The van der Waals surface area contributed by atoms with E-state index in [4.69, 9.17) is 4.74 Å². The molecule has 40 heavy (non-hydrogen) atoms. The summed E-state index contributed by atoms with van der Waals surface area (Å²) in [7, 11) is 1.62. The number of carbonyl (C=O) groups is 3. The minimum absolute atomic E-state index is 0.0968.